The van der Waals surface area contributed by atoms with Crippen LogP contribution in [0.25, 0.3) is 0 Å². The summed E-state index contributed by atoms with van der Waals surface area (Å²) >= 11 is 2.51. The lowest BCUT2D eigenvalue weighted by Gasteiger charge is -1.96. The molecule has 0 aromatic carbocycles. The number of nitrogens with one attached hydrogen (secondary N) is 1. The van der Waals surface area contributed by atoms with Crippen molar-refractivity contribution >= 4 is 39.0 Å². The van der Waals surface area contributed by atoms with Gasteiger partial charge >= 0.3 is 0 Å². The molecular formula is C7H8N2O3S3. The third kappa shape index (κ3) is 2.17. The van der Waals surface area contributed by atoms with Gasteiger partial charge in [0.25, 0.3) is 5.91 Å². The van der Waals surface area contributed by atoms with Gasteiger partial charge in [-0.25, -0.2) is 13.6 Å². The number of nitrogens with two attached hydrogens (primary N) is 1. The quantitative estimate of drug-likeness (QED) is 0.760. The number of carbonyl (C=O) groups excluding carboxylic acids is 1. The van der Waals surface area contributed by atoms with Crippen LogP contribution in [0.5, 0.6) is 0 Å². The van der Waals surface area contributed by atoms with Crippen molar-refractivity contribution < 1.29 is 13.2 Å². The van der Waals surface area contributed by atoms with Gasteiger partial charge in [0.05, 0.1) is 9.77 Å². The summed E-state index contributed by atoms with van der Waals surface area (Å²) in [5.74, 6) is 0.504. The zero-order valence-corrected chi connectivity index (χ0v) is 9.97. The summed E-state index contributed by atoms with van der Waals surface area (Å²) in [4.78, 5) is 11.5. The van der Waals surface area contributed by atoms with Crippen molar-refractivity contribution in [3.63, 3.8) is 0 Å². The Bertz CT molecular complexity index is 506. The Labute approximate surface area is 95.1 Å². The van der Waals surface area contributed by atoms with Crippen molar-refractivity contribution in [2.45, 2.75) is 8.42 Å². The first-order chi connectivity index (χ1) is 6.98. The first-order valence-corrected chi connectivity index (χ1v) is 7.41. The number of carbonyl (C=O) groups is 1. The maximum atomic E-state index is 11.5. The van der Waals surface area contributed by atoms with Crippen LogP contribution in [0.3, 0.4) is 0 Å². The van der Waals surface area contributed by atoms with Gasteiger partial charge in [-0.1, -0.05) is 0 Å². The summed E-state index contributed by atoms with van der Waals surface area (Å²) in [6, 6.07) is 1.34. The van der Waals surface area contributed by atoms with Gasteiger partial charge in [-0.3, -0.25) is 4.79 Å². The molecule has 5 nitrogen and oxygen atoms in total. The summed E-state index contributed by atoms with van der Waals surface area (Å²) in [6.45, 7) is 0.593. The van der Waals surface area contributed by atoms with Gasteiger partial charge < -0.3 is 5.32 Å². The van der Waals surface area contributed by atoms with Gasteiger partial charge in [0, 0.05) is 12.3 Å². The fraction of sp³-hybridized carbons (Fsp3) is 0.286. The lowest BCUT2D eigenvalue weighted by atomic mass is 10.3. The molecule has 2 rings (SSSR count). The highest BCUT2D eigenvalue weighted by Crippen LogP contribution is 2.35. The van der Waals surface area contributed by atoms with Gasteiger partial charge in [0.2, 0.25) is 10.0 Å². The molecule has 8 heteroatoms. The zero-order valence-electron chi connectivity index (χ0n) is 7.52. The van der Waals surface area contributed by atoms with Crippen LogP contribution < -0.4 is 10.5 Å². The molecule has 1 aromatic rings. The first-order valence-electron chi connectivity index (χ1n) is 4.06. The SMILES string of the molecule is NS(=O)(=O)c1cc2c(s1)SCCNC2=O. The number of thioether (sulfide) groups is 1. The summed E-state index contributed by atoms with van der Waals surface area (Å²) in [5, 5.41) is 7.67. The minimum absolute atomic E-state index is 0.0389. The molecule has 0 saturated heterocycles. The van der Waals surface area contributed by atoms with Crippen molar-refractivity contribution in [3.8, 4) is 0 Å². The van der Waals surface area contributed by atoms with E-state index in [4.69, 9.17) is 5.14 Å². The van der Waals surface area contributed by atoms with Crippen LogP contribution in [0.4, 0.5) is 0 Å². The Kier molecular flexibility index (Phi) is 2.75. The normalized spacial score (nSPS) is 16.7. The van der Waals surface area contributed by atoms with Crippen LogP contribution in [0, 0.1) is 0 Å². The van der Waals surface area contributed by atoms with Gasteiger partial charge in [0.1, 0.15) is 4.21 Å². The van der Waals surface area contributed by atoms with E-state index in [1.54, 1.807) is 0 Å². The highest BCUT2D eigenvalue weighted by Gasteiger charge is 2.22. The van der Waals surface area contributed by atoms with E-state index in [-0.39, 0.29) is 10.1 Å². The summed E-state index contributed by atoms with van der Waals surface area (Å²) in [7, 11) is -3.71. The van der Waals surface area contributed by atoms with Crippen molar-refractivity contribution in [3.05, 3.63) is 11.6 Å². The second-order valence-corrected chi connectivity index (χ2v) is 7.12. The molecule has 1 amide bonds. The third-order valence-corrected chi connectivity index (χ3v) is 5.67. The first kappa shape index (κ1) is 10.9. The monoisotopic (exact) mass is 264 g/mol. The Morgan fingerprint density at radius 3 is 2.87 bits per heavy atom. The van der Waals surface area contributed by atoms with Gasteiger partial charge in [-0.05, 0) is 6.07 Å². The second kappa shape index (κ2) is 3.78. The average molecular weight is 264 g/mol. The number of sulfonamides is 1. The summed E-state index contributed by atoms with van der Waals surface area (Å²) < 4.78 is 22.9. The lowest BCUT2D eigenvalue weighted by molar-refractivity contribution is 0.0955. The van der Waals surface area contributed by atoms with E-state index in [0.717, 1.165) is 17.1 Å². The van der Waals surface area contributed by atoms with Crippen LogP contribution in [0.15, 0.2) is 14.5 Å². The predicted molar refractivity (Wildman–Crippen MR) is 58.7 cm³/mol. The third-order valence-electron chi connectivity index (χ3n) is 1.82. The van der Waals surface area contributed by atoms with Crippen LogP contribution >= 0.6 is 23.1 Å². The van der Waals surface area contributed by atoms with E-state index in [1.165, 1.54) is 17.8 Å². The molecule has 0 atom stereocenters. The Hall–Kier alpha value is -0.570. The van der Waals surface area contributed by atoms with E-state index in [2.05, 4.69) is 5.32 Å². The van der Waals surface area contributed by atoms with Crippen molar-refractivity contribution in [2.24, 2.45) is 5.14 Å². The molecule has 2 heterocycles. The smallest absolute Gasteiger partial charge is 0.253 e. The largest absolute Gasteiger partial charge is 0.351 e. The van der Waals surface area contributed by atoms with Crippen LogP contribution in [-0.2, 0) is 10.0 Å². The highest BCUT2D eigenvalue weighted by atomic mass is 32.3. The molecule has 0 fully saturated rings. The summed E-state index contributed by atoms with van der Waals surface area (Å²) in [6.07, 6.45) is 0. The molecule has 1 aromatic heterocycles. The maximum Gasteiger partial charge on any atom is 0.253 e. The maximum absolute atomic E-state index is 11.5. The van der Waals surface area contributed by atoms with Crippen LogP contribution in [-0.4, -0.2) is 26.6 Å². The molecule has 0 bridgehead atoms. The van der Waals surface area contributed by atoms with Gasteiger partial charge in [-0.15, -0.1) is 23.1 Å². The molecule has 1 aliphatic rings. The minimum Gasteiger partial charge on any atom is -0.351 e. The number of thiophene rings is 1. The molecule has 0 aliphatic carbocycles. The topological polar surface area (TPSA) is 89.3 Å². The lowest BCUT2D eigenvalue weighted by Crippen LogP contribution is -2.23. The van der Waals surface area contributed by atoms with Crippen LogP contribution in [0.2, 0.25) is 0 Å². The van der Waals surface area contributed by atoms with E-state index in [0.29, 0.717) is 16.3 Å². The van der Waals surface area contributed by atoms with E-state index < -0.39 is 10.0 Å². The molecule has 0 radical (unpaired) electrons. The number of primary sulfonamides is 1. The average Bonchev–Trinajstić information content (AvgIpc) is 2.49. The van der Waals surface area contributed by atoms with Gasteiger partial charge in [0.15, 0.2) is 0 Å². The van der Waals surface area contributed by atoms with Crippen molar-refractivity contribution in [1.82, 2.24) is 5.32 Å². The molecular weight excluding hydrogens is 256 g/mol. The highest BCUT2D eigenvalue weighted by molar-refractivity contribution is 8.01. The molecule has 0 saturated carbocycles. The van der Waals surface area contributed by atoms with Crippen molar-refractivity contribution in [2.75, 3.05) is 12.3 Å². The molecule has 15 heavy (non-hydrogen) atoms. The minimum atomic E-state index is -3.71. The Morgan fingerprint density at radius 1 is 1.47 bits per heavy atom. The predicted octanol–water partition coefficient (Wildman–Crippen LogP) is 0.231. The van der Waals surface area contributed by atoms with E-state index in [9.17, 15) is 13.2 Å². The van der Waals surface area contributed by atoms with Gasteiger partial charge in [-0.2, -0.15) is 0 Å². The molecule has 1 aliphatic heterocycles. The molecule has 0 unspecified atom stereocenters. The standard InChI is InChI=1S/C7H8N2O3S3/c8-15(11,12)5-3-4-6(10)9-1-2-13-7(4)14-5/h3H,1-2H2,(H,9,10)(H2,8,11,12). The Balaban J connectivity index is 2.52. The fourth-order valence-electron chi connectivity index (χ4n) is 1.16. The molecule has 3 N–H and O–H groups in total. The zero-order chi connectivity index (χ0) is 11.1. The molecule has 0 spiro atoms. The number of hydrogen-bond donors (Lipinski definition) is 2. The van der Waals surface area contributed by atoms with E-state index >= 15 is 0 Å². The second-order valence-electron chi connectivity index (χ2n) is 2.92. The Morgan fingerprint density at radius 2 is 2.20 bits per heavy atom. The summed E-state index contributed by atoms with van der Waals surface area (Å²) in [5.41, 5.74) is 0.409. The number of hydrogen-bond acceptors (Lipinski definition) is 5. The fourth-order valence-corrected chi connectivity index (χ4v) is 4.39. The van der Waals surface area contributed by atoms with E-state index in [1.807, 2.05) is 0 Å². The van der Waals surface area contributed by atoms with Crippen molar-refractivity contribution in [1.29, 1.82) is 0 Å². The molecule has 82 valence electrons. The number of amides is 1. The number of fused-ring (bicyclic) bond motifs is 1. The number of rotatable bonds is 1. The van der Waals surface area contributed by atoms with Crippen LogP contribution in [0.1, 0.15) is 10.4 Å².